The molecule has 0 bridgehead atoms. The summed E-state index contributed by atoms with van der Waals surface area (Å²) in [5.74, 6) is -0.618. The molecule has 25 heavy (non-hydrogen) atoms. The lowest BCUT2D eigenvalue weighted by Gasteiger charge is -2.10. The van der Waals surface area contributed by atoms with E-state index in [-0.39, 0.29) is 17.1 Å². The number of carbonyl (C=O) groups excluding carboxylic acids is 1. The van der Waals surface area contributed by atoms with Crippen molar-refractivity contribution in [1.82, 2.24) is 4.98 Å². The number of hydrogen-bond donors (Lipinski definition) is 1. The van der Waals surface area contributed by atoms with Gasteiger partial charge in [-0.05, 0) is 49.2 Å². The number of aromatic nitrogens is 1. The molecule has 0 aliphatic rings. The molecule has 0 atom stereocenters. The van der Waals surface area contributed by atoms with Crippen molar-refractivity contribution in [3.8, 4) is 0 Å². The number of fused-ring (bicyclic) bond motifs is 1. The van der Waals surface area contributed by atoms with Gasteiger partial charge in [0.2, 0.25) is 10.0 Å². The Morgan fingerprint density at radius 3 is 2.64 bits per heavy atom. The second-order valence-corrected chi connectivity index (χ2v) is 8.26. The third-order valence-corrected chi connectivity index (χ3v) is 5.87. The van der Waals surface area contributed by atoms with E-state index in [0.29, 0.717) is 16.1 Å². The minimum Gasteiger partial charge on any atom is -0.455 e. The molecular formula is C17H16N2O4S2. The van der Waals surface area contributed by atoms with E-state index in [1.165, 1.54) is 17.4 Å². The number of primary sulfonamides is 1. The number of benzene rings is 2. The van der Waals surface area contributed by atoms with Crippen LogP contribution < -0.4 is 5.14 Å². The van der Waals surface area contributed by atoms with Gasteiger partial charge in [-0.15, -0.1) is 11.3 Å². The molecule has 1 aromatic heterocycles. The summed E-state index contributed by atoms with van der Waals surface area (Å²) in [7, 11) is -3.91. The predicted octanol–water partition coefficient (Wildman–Crippen LogP) is 2.92. The summed E-state index contributed by atoms with van der Waals surface area (Å²) in [5, 5.41) is 5.89. The van der Waals surface area contributed by atoms with Crippen molar-refractivity contribution >= 4 is 37.5 Å². The first-order valence-corrected chi connectivity index (χ1v) is 9.77. The van der Waals surface area contributed by atoms with Gasteiger partial charge in [-0.2, -0.15) is 0 Å². The van der Waals surface area contributed by atoms with E-state index >= 15 is 0 Å². The van der Waals surface area contributed by atoms with E-state index in [1.807, 2.05) is 24.3 Å². The molecule has 130 valence electrons. The van der Waals surface area contributed by atoms with Crippen LogP contribution in [0.5, 0.6) is 0 Å². The number of carbonyl (C=O) groups is 1. The SMILES string of the molecule is Cc1cc(C(=O)OCc2nc3ccccc3s2)cc(S(N)(=O)=O)c1C. The fourth-order valence-corrected chi connectivity index (χ4v) is 4.19. The Hall–Kier alpha value is -2.29. The van der Waals surface area contributed by atoms with E-state index in [0.717, 1.165) is 10.2 Å². The first-order valence-electron chi connectivity index (χ1n) is 7.41. The lowest BCUT2D eigenvalue weighted by Crippen LogP contribution is -2.16. The molecule has 0 saturated heterocycles. The molecule has 0 saturated carbocycles. The summed E-state index contributed by atoms with van der Waals surface area (Å²) >= 11 is 1.44. The van der Waals surface area contributed by atoms with Gasteiger partial charge in [-0.3, -0.25) is 0 Å². The van der Waals surface area contributed by atoms with Crippen molar-refractivity contribution in [3.05, 3.63) is 58.1 Å². The van der Waals surface area contributed by atoms with Crippen LogP contribution >= 0.6 is 11.3 Å². The van der Waals surface area contributed by atoms with E-state index < -0.39 is 16.0 Å². The molecule has 0 aliphatic carbocycles. The standard InChI is InChI=1S/C17H16N2O4S2/c1-10-7-12(8-15(11(10)2)25(18,21)22)17(20)23-9-16-19-13-5-3-4-6-14(13)24-16/h3-8H,9H2,1-2H3,(H2,18,21,22). The number of nitrogens with two attached hydrogens (primary N) is 1. The van der Waals surface area contributed by atoms with Crippen molar-refractivity contribution in [3.63, 3.8) is 0 Å². The highest BCUT2D eigenvalue weighted by atomic mass is 32.2. The normalized spacial score (nSPS) is 11.6. The lowest BCUT2D eigenvalue weighted by molar-refractivity contribution is 0.0472. The third kappa shape index (κ3) is 3.71. The van der Waals surface area contributed by atoms with Crippen LogP contribution in [0.15, 0.2) is 41.3 Å². The van der Waals surface area contributed by atoms with Crippen molar-refractivity contribution < 1.29 is 17.9 Å². The molecule has 6 nitrogen and oxygen atoms in total. The van der Waals surface area contributed by atoms with Gasteiger partial charge >= 0.3 is 5.97 Å². The maximum Gasteiger partial charge on any atom is 0.338 e. The number of thiazole rings is 1. The second-order valence-electron chi connectivity index (χ2n) is 5.61. The maximum atomic E-state index is 12.3. The van der Waals surface area contributed by atoms with E-state index in [4.69, 9.17) is 9.88 Å². The number of ether oxygens (including phenoxy) is 1. The smallest absolute Gasteiger partial charge is 0.338 e. The Balaban J connectivity index is 1.82. The van der Waals surface area contributed by atoms with Crippen LogP contribution in [0, 0.1) is 13.8 Å². The zero-order chi connectivity index (χ0) is 18.2. The van der Waals surface area contributed by atoms with Gasteiger partial charge in [0.05, 0.1) is 20.7 Å². The third-order valence-electron chi connectivity index (χ3n) is 3.83. The van der Waals surface area contributed by atoms with Crippen molar-refractivity contribution in [1.29, 1.82) is 0 Å². The quantitative estimate of drug-likeness (QED) is 0.706. The Kier molecular flexibility index (Phi) is 4.59. The maximum absolute atomic E-state index is 12.3. The summed E-state index contributed by atoms with van der Waals surface area (Å²) in [4.78, 5) is 16.6. The molecule has 0 amide bonds. The summed E-state index contributed by atoms with van der Waals surface area (Å²) < 4.78 is 29.6. The molecule has 0 radical (unpaired) electrons. The minimum atomic E-state index is -3.91. The fraction of sp³-hybridized carbons (Fsp3) is 0.176. The average Bonchev–Trinajstić information content (AvgIpc) is 2.96. The number of sulfonamides is 1. The van der Waals surface area contributed by atoms with Crippen LogP contribution in [0.1, 0.15) is 26.5 Å². The van der Waals surface area contributed by atoms with Gasteiger partial charge in [-0.25, -0.2) is 23.3 Å². The number of aryl methyl sites for hydroxylation is 1. The predicted molar refractivity (Wildman–Crippen MR) is 96.0 cm³/mol. The molecule has 3 rings (SSSR count). The summed E-state index contributed by atoms with van der Waals surface area (Å²) in [6.07, 6.45) is 0. The fourth-order valence-electron chi connectivity index (χ4n) is 2.43. The van der Waals surface area contributed by atoms with Crippen LogP contribution in [0.2, 0.25) is 0 Å². The Morgan fingerprint density at radius 1 is 1.24 bits per heavy atom. The molecule has 2 N–H and O–H groups in total. The zero-order valence-corrected chi connectivity index (χ0v) is 15.3. The van der Waals surface area contributed by atoms with Crippen LogP contribution in [0.4, 0.5) is 0 Å². The number of nitrogens with zero attached hydrogens (tertiary/aromatic N) is 1. The van der Waals surface area contributed by atoms with Crippen LogP contribution in [0.25, 0.3) is 10.2 Å². The van der Waals surface area contributed by atoms with Gasteiger partial charge in [0.15, 0.2) is 0 Å². The van der Waals surface area contributed by atoms with Gasteiger partial charge in [0.25, 0.3) is 0 Å². The van der Waals surface area contributed by atoms with Crippen LogP contribution in [-0.4, -0.2) is 19.4 Å². The summed E-state index contributed by atoms with van der Waals surface area (Å²) in [5.41, 5.74) is 2.16. The highest BCUT2D eigenvalue weighted by Crippen LogP contribution is 2.23. The Bertz CT molecular complexity index is 1040. The Labute approximate surface area is 149 Å². The number of rotatable bonds is 4. The highest BCUT2D eigenvalue weighted by Gasteiger charge is 2.18. The first kappa shape index (κ1) is 17.5. The highest BCUT2D eigenvalue weighted by molar-refractivity contribution is 7.89. The lowest BCUT2D eigenvalue weighted by atomic mass is 10.1. The summed E-state index contributed by atoms with van der Waals surface area (Å²) in [6, 6.07) is 10.5. The van der Waals surface area contributed by atoms with Gasteiger partial charge < -0.3 is 4.74 Å². The number of esters is 1. The average molecular weight is 376 g/mol. The molecule has 0 unspecified atom stereocenters. The first-order chi connectivity index (χ1) is 11.8. The van der Waals surface area contributed by atoms with Crippen LogP contribution in [-0.2, 0) is 21.4 Å². The zero-order valence-electron chi connectivity index (χ0n) is 13.6. The van der Waals surface area contributed by atoms with Crippen molar-refractivity contribution in [2.24, 2.45) is 5.14 Å². The topological polar surface area (TPSA) is 99.3 Å². The molecule has 1 heterocycles. The molecular weight excluding hydrogens is 360 g/mol. The molecule has 8 heteroatoms. The Morgan fingerprint density at radius 2 is 1.96 bits per heavy atom. The van der Waals surface area contributed by atoms with Crippen LogP contribution in [0.3, 0.4) is 0 Å². The van der Waals surface area contributed by atoms with E-state index in [2.05, 4.69) is 4.98 Å². The molecule has 3 aromatic rings. The van der Waals surface area contributed by atoms with Gasteiger partial charge in [-0.1, -0.05) is 12.1 Å². The number of para-hydroxylation sites is 1. The van der Waals surface area contributed by atoms with Crippen molar-refractivity contribution in [2.75, 3.05) is 0 Å². The number of hydrogen-bond acceptors (Lipinski definition) is 6. The molecule has 0 fully saturated rings. The van der Waals surface area contributed by atoms with Gasteiger partial charge in [0, 0.05) is 0 Å². The van der Waals surface area contributed by atoms with E-state index in [9.17, 15) is 13.2 Å². The molecule has 2 aromatic carbocycles. The second kappa shape index (κ2) is 6.55. The monoisotopic (exact) mass is 376 g/mol. The van der Waals surface area contributed by atoms with E-state index in [1.54, 1.807) is 19.9 Å². The largest absolute Gasteiger partial charge is 0.455 e. The van der Waals surface area contributed by atoms with Crippen molar-refractivity contribution in [2.45, 2.75) is 25.3 Å². The molecule has 0 spiro atoms. The van der Waals surface area contributed by atoms with Gasteiger partial charge in [0.1, 0.15) is 11.6 Å². The minimum absolute atomic E-state index is 0.0236. The molecule has 0 aliphatic heterocycles. The summed E-state index contributed by atoms with van der Waals surface area (Å²) in [6.45, 7) is 3.38.